The fourth-order valence-corrected chi connectivity index (χ4v) is 6.64. The van der Waals surface area contributed by atoms with Gasteiger partial charge in [0.25, 0.3) is 0 Å². The Morgan fingerprint density at radius 1 is 0.639 bits per heavy atom. The summed E-state index contributed by atoms with van der Waals surface area (Å²) in [6, 6.07) is 2.57. The van der Waals surface area contributed by atoms with Crippen molar-refractivity contribution in [3.8, 4) is 9.75 Å². The largest absolute Gasteiger partial charge is 0.460 e. The second-order valence-corrected chi connectivity index (χ2v) is 15.9. The highest BCUT2D eigenvalue weighted by Gasteiger charge is 2.93. The summed E-state index contributed by atoms with van der Waals surface area (Å²) in [5.41, 5.74) is -2.00. The molecule has 0 amide bonds. The smallest absolute Gasteiger partial charge is 0.194 e. The summed E-state index contributed by atoms with van der Waals surface area (Å²) < 4.78 is 204. The van der Waals surface area contributed by atoms with Gasteiger partial charge >= 0.3 is 41.7 Å². The van der Waals surface area contributed by atoms with Crippen molar-refractivity contribution in [1.82, 2.24) is 0 Å². The molecule has 0 spiro atoms. The van der Waals surface area contributed by atoms with Crippen molar-refractivity contribution >= 4 is 35.2 Å². The van der Waals surface area contributed by atoms with E-state index in [9.17, 15) is 65.9 Å². The Morgan fingerprint density at radius 3 is 1.47 bits per heavy atom. The molecule has 206 valence electrons. The molecule has 0 saturated carbocycles. The monoisotopic (exact) mass is 606 g/mol. The molecule has 0 nitrogen and oxygen atoms in total. The zero-order valence-electron chi connectivity index (χ0n) is 17.8. The highest BCUT2D eigenvalue weighted by Crippen LogP contribution is 2.64. The van der Waals surface area contributed by atoms with E-state index < -0.39 is 60.2 Å². The van der Waals surface area contributed by atoms with E-state index in [0.29, 0.717) is 22.7 Å². The predicted octanol–water partition coefficient (Wildman–Crippen LogP) is 8.85. The molecule has 0 atom stereocenters. The van der Waals surface area contributed by atoms with Gasteiger partial charge in [-0.3, -0.25) is 0 Å². The topological polar surface area (TPSA) is 0 Å². The summed E-state index contributed by atoms with van der Waals surface area (Å²) in [5.74, 6) is -46.7. The highest BCUT2D eigenvalue weighted by atomic mass is 32.1. The summed E-state index contributed by atoms with van der Waals surface area (Å²) >= 11 is 1.04. The van der Waals surface area contributed by atoms with E-state index >= 15 is 0 Å². The molecule has 18 heteroatoms. The zero-order chi connectivity index (χ0) is 28.6. The maximum Gasteiger partial charge on any atom is 0.460 e. The van der Waals surface area contributed by atoms with Crippen LogP contribution in [0.25, 0.3) is 9.75 Å². The minimum absolute atomic E-state index is 0.0413. The number of hydrogen-bond acceptors (Lipinski definition) is 2. The highest BCUT2D eigenvalue weighted by molar-refractivity contribution is 7.30. The number of hydrogen-bond donors (Lipinski definition) is 0. The first kappa shape index (κ1) is 30.8. The van der Waals surface area contributed by atoms with E-state index in [0.717, 1.165) is 6.07 Å². The lowest BCUT2D eigenvalue weighted by molar-refractivity contribution is -0.453. The molecule has 2 aromatic rings. The van der Waals surface area contributed by atoms with Crippen LogP contribution < -0.4 is 4.50 Å². The van der Waals surface area contributed by atoms with Gasteiger partial charge in [-0.2, -0.15) is 65.9 Å². The Kier molecular flexibility index (Phi) is 7.30. The van der Waals surface area contributed by atoms with Gasteiger partial charge in [-0.25, -0.2) is 0 Å². The zero-order valence-corrected chi connectivity index (χ0v) is 20.4. The lowest BCUT2D eigenvalue weighted by Gasteiger charge is -2.41. The molecule has 0 radical (unpaired) electrons. The fourth-order valence-electron chi connectivity index (χ4n) is 2.72. The first-order chi connectivity index (χ1) is 15.7. The summed E-state index contributed by atoms with van der Waals surface area (Å²) in [7, 11) is -2.69. The SMILES string of the molecule is C[Si](C)(C)c1cc(C(F)(F)C(F)(F)C(F)(F)C(F)(F)C(F)(F)C(F)(F)C(F)(F)F)c(-c2cccs2)s1. The van der Waals surface area contributed by atoms with Crippen molar-refractivity contribution in [1.29, 1.82) is 0 Å². The van der Waals surface area contributed by atoms with E-state index in [-0.39, 0.29) is 15.4 Å². The Labute approximate surface area is 201 Å². The lowest BCUT2D eigenvalue weighted by atomic mass is 9.88. The van der Waals surface area contributed by atoms with Gasteiger partial charge in [0, 0.05) is 10.4 Å². The van der Waals surface area contributed by atoms with Crippen molar-refractivity contribution in [2.24, 2.45) is 0 Å². The molecule has 2 heterocycles. The minimum Gasteiger partial charge on any atom is -0.194 e. The van der Waals surface area contributed by atoms with Crippen LogP contribution in [0, 0.1) is 0 Å². The molecular weight excluding hydrogens is 593 g/mol. The maximum absolute atomic E-state index is 14.9. The van der Waals surface area contributed by atoms with E-state index in [4.69, 9.17) is 0 Å². The fraction of sp³-hybridized carbons (Fsp3) is 0.556. The van der Waals surface area contributed by atoms with Crippen molar-refractivity contribution in [2.45, 2.75) is 61.4 Å². The van der Waals surface area contributed by atoms with Crippen LogP contribution in [0.15, 0.2) is 23.6 Å². The van der Waals surface area contributed by atoms with Gasteiger partial charge in [-0.05, 0) is 22.0 Å². The van der Waals surface area contributed by atoms with Crippen LogP contribution in [0.5, 0.6) is 0 Å². The molecule has 0 unspecified atom stereocenters. The van der Waals surface area contributed by atoms with Crippen molar-refractivity contribution < 1.29 is 65.9 Å². The van der Waals surface area contributed by atoms with E-state index in [1.54, 1.807) is 0 Å². The molecule has 2 rings (SSSR count). The maximum atomic E-state index is 14.9. The van der Waals surface area contributed by atoms with Gasteiger partial charge in [-0.15, -0.1) is 22.7 Å². The lowest BCUT2D eigenvalue weighted by Crippen LogP contribution is -2.72. The molecule has 36 heavy (non-hydrogen) atoms. The second-order valence-electron chi connectivity index (χ2n) is 8.52. The van der Waals surface area contributed by atoms with Crippen LogP contribution in [0.1, 0.15) is 5.56 Å². The molecule has 0 bridgehead atoms. The summed E-state index contributed by atoms with van der Waals surface area (Å²) in [5, 5.41) is 1.24. The third-order valence-electron chi connectivity index (χ3n) is 4.88. The Bertz CT molecular complexity index is 1080. The average Bonchev–Trinajstić information content (AvgIpc) is 3.35. The molecule has 0 fully saturated rings. The van der Waals surface area contributed by atoms with Crippen molar-refractivity contribution in [3.05, 3.63) is 29.1 Å². The molecule has 0 aliphatic rings. The van der Waals surface area contributed by atoms with Crippen LogP contribution in [0.2, 0.25) is 19.6 Å². The normalized spacial score (nSPS) is 15.5. The van der Waals surface area contributed by atoms with Gasteiger partial charge < -0.3 is 0 Å². The van der Waals surface area contributed by atoms with Crippen LogP contribution in [-0.2, 0) is 5.92 Å². The molecule has 0 aromatic carbocycles. The summed E-state index contributed by atoms with van der Waals surface area (Å²) in [6.07, 6.45) is -7.63. The first-order valence-corrected chi connectivity index (χ1v) is 14.4. The minimum atomic E-state index is -8.30. The second kappa shape index (κ2) is 8.54. The number of thiophene rings is 2. The molecule has 0 aliphatic heterocycles. The Morgan fingerprint density at radius 2 is 1.08 bits per heavy atom. The van der Waals surface area contributed by atoms with E-state index in [2.05, 4.69) is 0 Å². The predicted molar refractivity (Wildman–Crippen MR) is 105 cm³/mol. The third kappa shape index (κ3) is 4.23. The Hall–Kier alpha value is -1.43. The first-order valence-electron chi connectivity index (χ1n) is 9.22. The van der Waals surface area contributed by atoms with Crippen LogP contribution >= 0.6 is 22.7 Å². The van der Waals surface area contributed by atoms with Gasteiger partial charge in [0.2, 0.25) is 0 Å². The van der Waals surface area contributed by atoms with Crippen LogP contribution in [0.3, 0.4) is 0 Å². The van der Waals surface area contributed by atoms with Gasteiger partial charge in [-0.1, -0.05) is 25.7 Å². The van der Waals surface area contributed by atoms with E-state index in [1.807, 2.05) is 0 Å². The van der Waals surface area contributed by atoms with Crippen LogP contribution in [0.4, 0.5) is 65.9 Å². The average molecular weight is 606 g/mol. The number of halogens is 15. The van der Waals surface area contributed by atoms with Gasteiger partial charge in [0.15, 0.2) is 0 Å². The third-order valence-corrected chi connectivity index (χ3v) is 10.6. The van der Waals surface area contributed by atoms with Crippen molar-refractivity contribution in [2.75, 3.05) is 0 Å². The van der Waals surface area contributed by atoms with Crippen molar-refractivity contribution in [3.63, 3.8) is 0 Å². The van der Waals surface area contributed by atoms with Gasteiger partial charge in [0.05, 0.1) is 13.0 Å². The molecule has 2 aromatic heterocycles. The van der Waals surface area contributed by atoms with E-state index in [1.165, 1.54) is 31.1 Å². The molecular formula is C18H13F15S2Si. The van der Waals surface area contributed by atoms with Crippen LogP contribution in [-0.4, -0.2) is 43.9 Å². The molecule has 0 N–H and O–H groups in total. The Balaban J connectivity index is 2.78. The summed E-state index contributed by atoms with van der Waals surface area (Å²) in [6.45, 7) is 4.50. The molecule has 0 aliphatic carbocycles. The summed E-state index contributed by atoms with van der Waals surface area (Å²) in [4.78, 5) is -1.06. The number of rotatable bonds is 8. The quantitative estimate of drug-likeness (QED) is 0.208. The standard InChI is InChI=1S/C18H13F15S2Si/c1-36(2,3)10-7-8(11(35-10)9-5-4-6-34-9)12(19,20)13(21,22)14(23,24)15(25,26)16(27,28)17(29,30)18(31,32)33/h4-7H,1-3H3. The number of alkyl halides is 15. The molecule has 0 saturated heterocycles. The van der Waals surface area contributed by atoms with Gasteiger partial charge in [0.1, 0.15) is 0 Å².